The Balaban J connectivity index is 1.10. The lowest BCUT2D eigenvalue weighted by Crippen LogP contribution is -2.31. The van der Waals surface area contributed by atoms with Crippen LogP contribution in [0, 0.1) is 11.8 Å². The first-order chi connectivity index (χ1) is 15.1. The highest BCUT2D eigenvalue weighted by Gasteiger charge is 2.52. The molecular formula is C24H24Br2O5. The van der Waals surface area contributed by atoms with Gasteiger partial charge >= 0.3 is 0 Å². The summed E-state index contributed by atoms with van der Waals surface area (Å²) in [6.45, 7) is 1.14. The summed E-state index contributed by atoms with van der Waals surface area (Å²) in [5.74, 6) is 0.446. The maximum Gasteiger partial charge on any atom is 0.166 e. The molecule has 0 spiro atoms. The zero-order valence-electron chi connectivity index (χ0n) is 16.9. The number of benzene rings is 2. The zero-order valence-corrected chi connectivity index (χ0v) is 20.0. The molecule has 0 N–H and O–H groups in total. The fourth-order valence-electron chi connectivity index (χ4n) is 5.25. The van der Waals surface area contributed by atoms with Crippen LogP contribution < -0.4 is 0 Å². The number of fused-ring (bicyclic) bond motifs is 2. The molecule has 7 heteroatoms. The molecule has 2 aromatic carbocycles. The van der Waals surface area contributed by atoms with Gasteiger partial charge in [0, 0.05) is 20.8 Å². The van der Waals surface area contributed by atoms with Crippen molar-refractivity contribution >= 4 is 31.9 Å². The zero-order chi connectivity index (χ0) is 20.9. The number of ether oxygens (including phenoxy) is 5. The van der Waals surface area contributed by atoms with Crippen LogP contribution in [0.3, 0.4) is 0 Å². The molecule has 4 saturated heterocycles. The van der Waals surface area contributed by atoms with E-state index in [1.54, 1.807) is 0 Å². The van der Waals surface area contributed by atoms with E-state index in [2.05, 4.69) is 80.4 Å². The van der Waals surface area contributed by atoms with Gasteiger partial charge in [0.1, 0.15) is 0 Å². The Morgan fingerprint density at radius 2 is 1.06 bits per heavy atom. The van der Waals surface area contributed by atoms with Crippen LogP contribution in [0.25, 0.3) is 0 Å². The normalized spacial score (nSPS) is 39.0. The Bertz CT molecular complexity index is 845. The molecule has 8 atom stereocenters. The third-order valence-corrected chi connectivity index (χ3v) is 7.96. The third-order valence-electron chi connectivity index (χ3n) is 6.91. The molecule has 5 nitrogen and oxygen atoms in total. The van der Waals surface area contributed by atoms with Crippen LogP contribution in [0.4, 0.5) is 0 Å². The number of hydrogen-bond donors (Lipinski definition) is 0. The molecular weight excluding hydrogens is 528 g/mol. The maximum atomic E-state index is 6.39. The highest BCUT2D eigenvalue weighted by Crippen LogP contribution is 2.47. The van der Waals surface area contributed by atoms with E-state index in [0.29, 0.717) is 13.2 Å². The van der Waals surface area contributed by atoms with Crippen molar-refractivity contribution in [3.05, 3.63) is 68.6 Å². The van der Waals surface area contributed by atoms with Crippen LogP contribution in [0.15, 0.2) is 57.5 Å². The van der Waals surface area contributed by atoms with Crippen LogP contribution in [0.5, 0.6) is 0 Å². The van der Waals surface area contributed by atoms with Gasteiger partial charge in [-0.2, -0.15) is 0 Å². The van der Waals surface area contributed by atoms with Crippen LogP contribution in [0.1, 0.15) is 36.2 Å². The summed E-state index contributed by atoms with van der Waals surface area (Å²) in [5, 5.41) is 0. The second-order valence-corrected chi connectivity index (χ2v) is 10.6. The smallest absolute Gasteiger partial charge is 0.166 e. The fraction of sp³-hybridized carbons (Fsp3) is 0.500. The second kappa shape index (κ2) is 8.52. The molecule has 0 aromatic heterocycles. The van der Waals surface area contributed by atoms with Crippen molar-refractivity contribution in [1.82, 2.24) is 0 Å². The summed E-state index contributed by atoms with van der Waals surface area (Å²) < 4.78 is 33.1. The lowest BCUT2D eigenvalue weighted by Gasteiger charge is -2.24. The van der Waals surface area contributed by atoms with Gasteiger partial charge in [-0.3, -0.25) is 0 Å². The van der Waals surface area contributed by atoms with Crippen molar-refractivity contribution in [2.24, 2.45) is 11.8 Å². The topological polar surface area (TPSA) is 46.2 Å². The third kappa shape index (κ3) is 4.03. The van der Waals surface area contributed by atoms with Gasteiger partial charge < -0.3 is 23.7 Å². The van der Waals surface area contributed by atoms with E-state index in [-0.39, 0.29) is 48.8 Å². The number of hydrogen-bond acceptors (Lipinski definition) is 5. The summed E-state index contributed by atoms with van der Waals surface area (Å²) >= 11 is 7.00. The average molecular weight is 552 g/mol. The largest absolute Gasteiger partial charge is 0.367 e. The number of halogens is 2. The minimum absolute atomic E-state index is 0.0752. The van der Waals surface area contributed by atoms with Gasteiger partial charge in [-0.25, -0.2) is 0 Å². The average Bonchev–Trinajstić information content (AvgIpc) is 3.52. The molecule has 4 aliphatic rings. The lowest BCUT2D eigenvalue weighted by atomic mass is 9.96. The minimum Gasteiger partial charge on any atom is -0.367 e. The Labute approximate surface area is 198 Å². The van der Waals surface area contributed by atoms with E-state index in [4.69, 9.17) is 23.7 Å². The first-order valence-corrected chi connectivity index (χ1v) is 12.4. The Morgan fingerprint density at radius 3 is 1.48 bits per heavy atom. The quantitative estimate of drug-likeness (QED) is 0.499. The predicted molar refractivity (Wildman–Crippen MR) is 120 cm³/mol. The van der Waals surface area contributed by atoms with Crippen molar-refractivity contribution < 1.29 is 23.7 Å². The van der Waals surface area contributed by atoms with E-state index in [9.17, 15) is 0 Å². The Morgan fingerprint density at radius 1 is 0.645 bits per heavy atom. The fourth-order valence-corrected chi connectivity index (χ4v) is 5.78. The van der Waals surface area contributed by atoms with Crippen LogP contribution in [0.2, 0.25) is 0 Å². The van der Waals surface area contributed by atoms with E-state index >= 15 is 0 Å². The molecule has 4 aliphatic heterocycles. The summed E-state index contributed by atoms with van der Waals surface area (Å²) in [6, 6.07) is 16.7. The van der Waals surface area contributed by atoms with Crippen molar-refractivity contribution in [2.75, 3.05) is 13.2 Å². The van der Waals surface area contributed by atoms with Gasteiger partial charge in [-0.15, -0.1) is 0 Å². The van der Waals surface area contributed by atoms with Crippen molar-refractivity contribution in [3.8, 4) is 0 Å². The van der Waals surface area contributed by atoms with Crippen molar-refractivity contribution in [1.29, 1.82) is 0 Å². The second-order valence-electron chi connectivity index (χ2n) is 8.77. The first-order valence-electron chi connectivity index (χ1n) is 10.8. The maximum absolute atomic E-state index is 6.39. The number of rotatable bonds is 4. The van der Waals surface area contributed by atoms with Gasteiger partial charge in [0.25, 0.3) is 0 Å². The standard InChI is InChI=1S/C24H24Br2O5/c25-15-5-1-13(2-6-15)19-9-17-21(29-19)11-27-23(17)31-24-18-10-20(30-22(18)12-28-24)14-3-7-16(26)8-4-14/h1-8,17-24H,9-12H2/t17-,18-,19-,20-,21-,22-,23+,24+/m0/s1. The summed E-state index contributed by atoms with van der Waals surface area (Å²) in [7, 11) is 0. The van der Waals surface area contributed by atoms with Crippen molar-refractivity contribution in [3.63, 3.8) is 0 Å². The molecule has 0 unspecified atom stereocenters. The molecule has 4 heterocycles. The molecule has 164 valence electrons. The highest BCUT2D eigenvalue weighted by molar-refractivity contribution is 9.10. The Hall–Kier alpha value is -0.800. The van der Waals surface area contributed by atoms with Gasteiger partial charge in [-0.05, 0) is 48.2 Å². The molecule has 31 heavy (non-hydrogen) atoms. The monoisotopic (exact) mass is 550 g/mol. The molecule has 2 aromatic rings. The molecule has 6 rings (SSSR count). The highest BCUT2D eigenvalue weighted by atomic mass is 79.9. The summed E-state index contributed by atoms with van der Waals surface area (Å²) in [5.41, 5.74) is 2.41. The molecule has 0 bridgehead atoms. The molecule has 0 saturated carbocycles. The van der Waals surface area contributed by atoms with E-state index in [1.807, 2.05) is 0 Å². The lowest BCUT2D eigenvalue weighted by molar-refractivity contribution is -0.239. The van der Waals surface area contributed by atoms with Crippen molar-refractivity contribution in [2.45, 2.75) is 49.8 Å². The molecule has 0 aliphatic carbocycles. The molecule has 0 amide bonds. The van der Waals surface area contributed by atoms with Gasteiger partial charge in [0.05, 0.1) is 37.6 Å². The molecule has 4 fully saturated rings. The first kappa shape index (κ1) is 20.8. The van der Waals surface area contributed by atoms with Gasteiger partial charge in [-0.1, -0.05) is 56.1 Å². The van der Waals surface area contributed by atoms with Gasteiger partial charge in [0.15, 0.2) is 12.6 Å². The predicted octanol–water partition coefficient (Wildman–Crippen LogP) is 5.53. The van der Waals surface area contributed by atoms with E-state index in [0.717, 1.165) is 21.8 Å². The van der Waals surface area contributed by atoms with E-state index in [1.165, 1.54) is 11.1 Å². The van der Waals surface area contributed by atoms with E-state index < -0.39 is 0 Å². The van der Waals surface area contributed by atoms with Crippen LogP contribution in [-0.4, -0.2) is 38.0 Å². The SMILES string of the molecule is Brc1ccc([C@@H]2C[C@@H]3[C@@H](O[C@H]4OC[C@@H]5O[C@H](c6ccc(Br)cc6)C[C@H]45)OC[C@@H]3O2)cc1. The molecule has 0 radical (unpaired) electrons. The summed E-state index contributed by atoms with van der Waals surface area (Å²) in [4.78, 5) is 0. The van der Waals surface area contributed by atoms with Crippen LogP contribution >= 0.6 is 31.9 Å². The summed E-state index contributed by atoms with van der Waals surface area (Å²) in [6.07, 6.45) is 1.55. The van der Waals surface area contributed by atoms with Gasteiger partial charge in [0.2, 0.25) is 0 Å². The minimum atomic E-state index is -0.291. The Kier molecular flexibility index (Phi) is 5.71. The van der Waals surface area contributed by atoms with Crippen LogP contribution in [-0.2, 0) is 23.7 Å².